The smallest absolute Gasteiger partial charge is 0.306 e. The van der Waals surface area contributed by atoms with Gasteiger partial charge in [-0.05, 0) is 70.6 Å². The minimum atomic E-state index is -0.768. The molecule has 6 heteroatoms. The van der Waals surface area contributed by atoms with Crippen LogP contribution in [0.2, 0.25) is 0 Å². The van der Waals surface area contributed by atoms with Crippen LogP contribution in [0.5, 0.6) is 0 Å². The zero-order valence-corrected chi connectivity index (χ0v) is 50.5. The highest BCUT2D eigenvalue weighted by molar-refractivity contribution is 5.71. The number of hydrogen-bond acceptors (Lipinski definition) is 6. The third-order valence-corrected chi connectivity index (χ3v) is 14.5. The SMILES string of the molecule is CC/C=C\C/C=C\C/C=C\C/C=C\C/C=C\C/C=C\CCCCCCCCCCCCCCCCCCC(=O)OCC(COC(=O)CCCCCCCCCCC)OC(=O)CCCCCCCCCCCCCCCC. The molecule has 1 unspecified atom stereocenters. The summed E-state index contributed by atoms with van der Waals surface area (Å²) in [7, 11) is 0. The van der Waals surface area contributed by atoms with E-state index in [1.807, 2.05) is 0 Å². The first-order valence-corrected chi connectivity index (χ1v) is 32.9. The maximum Gasteiger partial charge on any atom is 0.306 e. The predicted molar refractivity (Wildman–Crippen MR) is 330 cm³/mol. The van der Waals surface area contributed by atoms with Crippen molar-refractivity contribution in [3.05, 3.63) is 72.9 Å². The Hall–Kier alpha value is -3.15. The molecule has 0 aliphatic carbocycles. The minimum Gasteiger partial charge on any atom is -0.462 e. The standard InChI is InChI=1S/C70H124O6/c1-4-7-10-13-16-19-21-23-25-26-27-28-29-30-31-32-33-34-35-36-37-38-39-40-41-42-43-44-45-47-48-51-54-57-60-63-69(72)75-66-67(65-74-68(71)62-59-56-53-50-18-15-12-9-6-3)76-70(73)64-61-58-55-52-49-46-24-22-20-17-14-11-8-5-2/h7,10,16,19,23,25,27-28,30-31,33-34,67H,4-6,8-9,11-15,17-18,20-22,24,26,29,32,35-66H2,1-3H3/b10-7-,19-16-,25-23-,28-27-,31-30-,34-33-. The number of esters is 3. The van der Waals surface area contributed by atoms with Crippen LogP contribution in [-0.2, 0) is 28.6 Å². The summed E-state index contributed by atoms with van der Waals surface area (Å²) in [5.74, 6) is -0.853. The molecule has 1 atom stereocenters. The van der Waals surface area contributed by atoms with Crippen molar-refractivity contribution in [2.45, 2.75) is 341 Å². The second kappa shape index (κ2) is 64.4. The number of carbonyl (C=O) groups excluding carboxylic acids is 3. The summed E-state index contributed by atoms with van der Waals surface area (Å²) in [6, 6.07) is 0. The maximum absolute atomic E-state index is 12.8. The fourth-order valence-electron chi connectivity index (χ4n) is 9.57. The Kier molecular flexibility index (Phi) is 61.7. The zero-order valence-electron chi connectivity index (χ0n) is 50.5. The van der Waals surface area contributed by atoms with Crippen LogP contribution in [0.3, 0.4) is 0 Å². The number of allylic oxidation sites excluding steroid dienone is 12. The van der Waals surface area contributed by atoms with Gasteiger partial charge in [0.1, 0.15) is 13.2 Å². The molecule has 0 fully saturated rings. The Morgan fingerprint density at radius 3 is 0.803 bits per heavy atom. The quantitative estimate of drug-likeness (QED) is 0.0261. The van der Waals surface area contributed by atoms with Gasteiger partial charge in [-0.1, -0.05) is 318 Å². The summed E-state index contributed by atoms with van der Waals surface area (Å²) in [4.78, 5) is 38.1. The molecule has 0 aromatic carbocycles. The van der Waals surface area contributed by atoms with Crippen molar-refractivity contribution in [1.82, 2.24) is 0 Å². The number of carbonyl (C=O) groups is 3. The molecule has 0 spiro atoms. The number of unbranched alkanes of at least 4 members (excludes halogenated alkanes) is 37. The summed E-state index contributed by atoms with van der Waals surface area (Å²) < 4.78 is 16.9. The Morgan fingerprint density at radius 2 is 0.513 bits per heavy atom. The van der Waals surface area contributed by atoms with Crippen LogP contribution in [0.15, 0.2) is 72.9 Å². The molecule has 0 rings (SSSR count). The highest BCUT2D eigenvalue weighted by atomic mass is 16.6. The maximum atomic E-state index is 12.8. The molecule has 0 aromatic rings. The fraction of sp³-hybridized carbons (Fsp3) is 0.786. The predicted octanol–water partition coefficient (Wildman–Crippen LogP) is 22.5. The Balaban J connectivity index is 4.02. The molecule has 440 valence electrons. The van der Waals surface area contributed by atoms with Crippen molar-refractivity contribution in [2.75, 3.05) is 13.2 Å². The van der Waals surface area contributed by atoms with E-state index < -0.39 is 6.10 Å². The molecule has 0 N–H and O–H groups in total. The molecule has 0 heterocycles. The molecular formula is C70H124O6. The Bertz CT molecular complexity index is 1400. The molecule has 0 saturated heterocycles. The van der Waals surface area contributed by atoms with Crippen molar-refractivity contribution >= 4 is 17.9 Å². The van der Waals surface area contributed by atoms with Gasteiger partial charge in [-0.3, -0.25) is 14.4 Å². The third-order valence-electron chi connectivity index (χ3n) is 14.5. The van der Waals surface area contributed by atoms with Gasteiger partial charge < -0.3 is 14.2 Å². The van der Waals surface area contributed by atoms with Gasteiger partial charge in [-0.2, -0.15) is 0 Å². The van der Waals surface area contributed by atoms with Gasteiger partial charge in [0.05, 0.1) is 0 Å². The van der Waals surface area contributed by atoms with Gasteiger partial charge in [-0.15, -0.1) is 0 Å². The lowest BCUT2D eigenvalue weighted by atomic mass is 10.0. The van der Waals surface area contributed by atoms with Crippen molar-refractivity contribution in [2.24, 2.45) is 0 Å². The lowest BCUT2D eigenvalue weighted by molar-refractivity contribution is -0.167. The lowest BCUT2D eigenvalue weighted by Crippen LogP contribution is -2.30. The van der Waals surface area contributed by atoms with E-state index in [1.54, 1.807) is 0 Å². The summed E-state index contributed by atoms with van der Waals surface area (Å²) in [5, 5.41) is 0. The zero-order chi connectivity index (χ0) is 55.0. The molecule has 6 nitrogen and oxygen atoms in total. The Morgan fingerprint density at radius 1 is 0.276 bits per heavy atom. The van der Waals surface area contributed by atoms with Crippen molar-refractivity contribution < 1.29 is 28.6 Å². The summed E-state index contributed by atoms with van der Waals surface area (Å²) in [5.41, 5.74) is 0. The number of ether oxygens (including phenoxy) is 3. The van der Waals surface area contributed by atoms with Gasteiger partial charge in [0.15, 0.2) is 6.10 Å². The number of hydrogen-bond donors (Lipinski definition) is 0. The van der Waals surface area contributed by atoms with E-state index in [2.05, 4.69) is 93.7 Å². The first kappa shape index (κ1) is 72.8. The van der Waals surface area contributed by atoms with Crippen molar-refractivity contribution in [3.8, 4) is 0 Å². The average Bonchev–Trinajstić information content (AvgIpc) is 3.42. The molecule has 0 aliphatic heterocycles. The summed E-state index contributed by atoms with van der Waals surface area (Å²) in [6.45, 7) is 6.54. The second-order valence-electron chi connectivity index (χ2n) is 22.0. The van der Waals surface area contributed by atoms with E-state index in [-0.39, 0.29) is 31.1 Å². The first-order chi connectivity index (χ1) is 37.5. The third kappa shape index (κ3) is 61.7. The summed E-state index contributed by atoms with van der Waals surface area (Å²) >= 11 is 0. The first-order valence-electron chi connectivity index (χ1n) is 32.9. The molecule has 0 radical (unpaired) electrons. The topological polar surface area (TPSA) is 78.9 Å². The van der Waals surface area contributed by atoms with E-state index in [1.165, 1.54) is 199 Å². The molecule has 0 saturated carbocycles. The van der Waals surface area contributed by atoms with Crippen molar-refractivity contribution in [3.63, 3.8) is 0 Å². The molecule has 0 amide bonds. The molecule has 0 bridgehead atoms. The van der Waals surface area contributed by atoms with Gasteiger partial charge in [0.2, 0.25) is 0 Å². The fourth-order valence-corrected chi connectivity index (χ4v) is 9.57. The van der Waals surface area contributed by atoms with E-state index in [0.717, 1.165) is 96.3 Å². The largest absolute Gasteiger partial charge is 0.462 e. The number of rotatable bonds is 60. The molecule has 0 aromatic heterocycles. The second-order valence-corrected chi connectivity index (χ2v) is 22.0. The molecule has 76 heavy (non-hydrogen) atoms. The van der Waals surface area contributed by atoms with Crippen LogP contribution >= 0.6 is 0 Å². The molecular weight excluding hydrogens is 937 g/mol. The van der Waals surface area contributed by atoms with Gasteiger partial charge >= 0.3 is 17.9 Å². The van der Waals surface area contributed by atoms with E-state index in [0.29, 0.717) is 19.3 Å². The lowest BCUT2D eigenvalue weighted by Gasteiger charge is -2.18. The molecule has 0 aliphatic rings. The van der Waals surface area contributed by atoms with Gasteiger partial charge in [-0.25, -0.2) is 0 Å². The Labute approximate surface area is 472 Å². The minimum absolute atomic E-state index is 0.0681. The van der Waals surface area contributed by atoms with Crippen LogP contribution in [0, 0.1) is 0 Å². The monoisotopic (exact) mass is 1060 g/mol. The van der Waals surface area contributed by atoms with Crippen molar-refractivity contribution in [1.29, 1.82) is 0 Å². The van der Waals surface area contributed by atoms with E-state index in [9.17, 15) is 14.4 Å². The summed E-state index contributed by atoms with van der Waals surface area (Å²) in [6.07, 6.45) is 83.7. The highest BCUT2D eigenvalue weighted by Crippen LogP contribution is 2.17. The van der Waals surface area contributed by atoms with Gasteiger partial charge in [0.25, 0.3) is 0 Å². The van der Waals surface area contributed by atoms with Crippen LogP contribution in [-0.4, -0.2) is 37.2 Å². The normalized spacial score (nSPS) is 12.5. The average molecular weight is 1060 g/mol. The van der Waals surface area contributed by atoms with E-state index >= 15 is 0 Å². The van der Waals surface area contributed by atoms with Crippen LogP contribution < -0.4 is 0 Å². The van der Waals surface area contributed by atoms with Crippen LogP contribution in [0.4, 0.5) is 0 Å². The van der Waals surface area contributed by atoms with Crippen LogP contribution in [0.25, 0.3) is 0 Å². The van der Waals surface area contributed by atoms with Crippen LogP contribution in [0.1, 0.15) is 335 Å². The van der Waals surface area contributed by atoms with Gasteiger partial charge in [0, 0.05) is 19.3 Å². The van der Waals surface area contributed by atoms with E-state index in [4.69, 9.17) is 14.2 Å². The highest BCUT2D eigenvalue weighted by Gasteiger charge is 2.19.